The minimum Gasteiger partial charge on any atom is -0.312 e. The maximum absolute atomic E-state index is 3.95. The van der Waals surface area contributed by atoms with Crippen LogP contribution >= 0.6 is 0 Å². The Bertz CT molecular complexity index is 896. The third-order valence-corrected chi connectivity index (χ3v) is 3.91. The van der Waals surface area contributed by atoms with Gasteiger partial charge in [-0.1, -0.05) is 49.1 Å². The Morgan fingerprint density at radius 1 is 0.944 bits per heavy atom. The van der Waals surface area contributed by atoms with Crippen LogP contribution in [0.2, 0.25) is 0 Å². The molecule has 2 aromatic heterocycles. The Labute approximate surface area is 105 Å². The summed E-state index contributed by atoms with van der Waals surface area (Å²) in [4.78, 5) is 0. The average Bonchev–Trinajstić information content (AvgIpc) is 2.89. The van der Waals surface area contributed by atoms with Crippen LogP contribution in [0.3, 0.4) is 0 Å². The molecule has 2 aromatic carbocycles. The van der Waals surface area contributed by atoms with E-state index in [4.69, 9.17) is 0 Å². The van der Waals surface area contributed by atoms with Crippen LogP contribution in [0.15, 0.2) is 49.0 Å². The monoisotopic (exact) mass is 231 g/mol. The highest BCUT2D eigenvalue weighted by Gasteiger charge is 2.16. The van der Waals surface area contributed by atoms with Crippen molar-refractivity contribution in [2.75, 3.05) is 0 Å². The first kappa shape index (κ1) is 9.72. The van der Waals surface area contributed by atoms with Crippen molar-refractivity contribution < 1.29 is 0 Å². The summed E-state index contributed by atoms with van der Waals surface area (Å²) >= 11 is 0. The first-order valence-corrected chi connectivity index (χ1v) is 6.19. The van der Waals surface area contributed by atoms with Crippen molar-refractivity contribution in [2.24, 2.45) is 0 Å². The molecule has 0 unspecified atom stereocenters. The molecule has 0 aliphatic heterocycles. The highest BCUT2D eigenvalue weighted by molar-refractivity contribution is 6.16. The topological polar surface area (TPSA) is 4.41 Å². The lowest BCUT2D eigenvalue weighted by Gasteiger charge is -1.97. The van der Waals surface area contributed by atoms with Gasteiger partial charge in [0.1, 0.15) is 0 Å². The highest BCUT2D eigenvalue weighted by Crippen LogP contribution is 2.37. The average molecular weight is 231 g/mol. The van der Waals surface area contributed by atoms with Gasteiger partial charge in [0.05, 0.1) is 11.0 Å². The Balaban J connectivity index is 2.48. The number of hydrogen-bond donors (Lipinski definition) is 0. The normalized spacial score (nSPS) is 11.8. The fourth-order valence-corrected chi connectivity index (χ4v) is 3.16. The van der Waals surface area contributed by atoms with E-state index in [0.29, 0.717) is 0 Å². The molecule has 0 amide bonds. The summed E-state index contributed by atoms with van der Waals surface area (Å²) in [6, 6.07) is 15.1. The van der Waals surface area contributed by atoms with Crippen LogP contribution < -0.4 is 0 Å². The van der Waals surface area contributed by atoms with Crippen molar-refractivity contribution in [2.45, 2.75) is 6.92 Å². The Hall–Kier alpha value is -2.28. The highest BCUT2D eigenvalue weighted by atomic mass is 14.9. The van der Waals surface area contributed by atoms with E-state index < -0.39 is 0 Å². The smallest absolute Gasteiger partial charge is 0.0617 e. The van der Waals surface area contributed by atoms with Gasteiger partial charge in [-0.05, 0) is 13.0 Å². The van der Waals surface area contributed by atoms with Gasteiger partial charge in [0, 0.05) is 27.4 Å². The standard InChI is InChI=1S/C17H13N/c1-3-12-11(2)18-16-10-5-4-7-13(16)15-9-6-8-14(12)17(15)18/h3-10H,1H2,2H3. The number of aromatic nitrogens is 1. The summed E-state index contributed by atoms with van der Waals surface area (Å²) in [6.45, 7) is 6.12. The number of benzene rings is 2. The summed E-state index contributed by atoms with van der Waals surface area (Å²) in [6.07, 6.45) is 1.96. The molecule has 1 heteroatoms. The van der Waals surface area contributed by atoms with Crippen LogP contribution in [0.5, 0.6) is 0 Å². The van der Waals surface area contributed by atoms with Crippen molar-refractivity contribution in [1.29, 1.82) is 0 Å². The number of fused-ring (bicyclic) bond motifs is 3. The molecule has 86 valence electrons. The van der Waals surface area contributed by atoms with E-state index in [-0.39, 0.29) is 0 Å². The zero-order valence-corrected chi connectivity index (χ0v) is 10.3. The van der Waals surface area contributed by atoms with Gasteiger partial charge in [-0.3, -0.25) is 0 Å². The second-order valence-corrected chi connectivity index (χ2v) is 4.76. The van der Waals surface area contributed by atoms with Crippen LogP contribution in [0, 0.1) is 6.92 Å². The second-order valence-electron chi connectivity index (χ2n) is 4.76. The molecule has 0 fully saturated rings. The largest absolute Gasteiger partial charge is 0.312 e. The lowest BCUT2D eigenvalue weighted by atomic mass is 10.1. The van der Waals surface area contributed by atoms with Crippen LogP contribution in [0.4, 0.5) is 0 Å². The van der Waals surface area contributed by atoms with Crippen molar-refractivity contribution >= 4 is 33.3 Å². The summed E-state index contributed by atoms with van der Waals surface area (Å²) < 4.78 is 2.36. The van der Waals surface area contributed by atoms with Gasteiger partial charge in [-0.15, -0.1) is 0 Å². The minimum absolute atomic E-state index is 1.25. The molecule has 0 spiro atoms. The van der Waals surface area contributed by atoms with Crippen molar-refractivity contribution in [3.05, 3.63) is 60.3 Å². The summed E-state index contributed by atoms with van der Waals surface area (Å²) in [5, 5.41) is 3.97. The van der Waals surface area contributed by atoms with Crippen LogP contribution in [-0.2, 0) is 0 Å². The molecule has 0 aliphatic rings. The van der Waals surface area contributed by atoms with E-state index in [1.807, 2.05) is 6.08 Å². The maximum atomic E-state index is 3.95. The predicted molar refractivity (Wildman–Crippen MR) is 78.4 cm³/mol. The number of hydrogen-bond acceptors (Lipinski definition) is 0. The van der Waals surface area contributed by atoms with Gasteiger partial charge >= 0.3 is 0 Å². The Morgan fingerprint density at radius 2 is 1.67 bits per heavy atom. The van der Waals surface area contributed by atoms with Crippen molar-refractivity contribution in [1.82, 2.24) is 4.40 Å². The van der Waals surface area contributed by atoms with Gasteiger partial charge in [0.2, 0.25) is 0 Å². The first-order chi connectivity index (χ1) is 8.83. The van der Waals surface area contributed by atoms with E-state index in [0.717, 1.165) is 0 Å². The molecule has 2 heterocycles. The van der Waals surface area contributed by atoms with Gasteiger partial charge < -0.3 is 4.40 Å². The molecule has 1 nitrogen and oxygen atoms in total. The molecule has 4 rings (SSSR count). The Kier molecular flexibility index (Phi) is 1.69. The van der Waals surface area contributed by atoms with E-state index in [1.54, 1.807) is 0 Å². The third-order valence-electron chi connectivity index (χ3n) is 3.91. The number of rotatable bonds is 1. The number of nitrogens with zero attached hydrogens (tertiary/aromatic N) is 1. The van der Waals surface area contributed by atoms with E-state index in [2.05, 4.69) is 60.4 Å². The molecule has 0 saturated carbocycles. The lowest BCUT2D eigenvalue weighted by Crippen LogP contribution is -1.84. The fraction of sp³-hybridized carbons (Fsp3) is 0.0588. The van der Waals surface area contributed by atoms with Crippen molar-refractivity contribution in [3.8, 4) is 0 Å². The van der Waals surface area contributed by atoms with Crippen LogP contribution in [-0.4, -0.2) is 4.40 Å². The molecule has 18 heavy (non-hydrogen) atoms. The fourth-order valence-electron chi connectivity index (χ4n) is 3.16. The molecular formula is C17H13N. The van der Waals surface area contributed by atoms with E-state index in [1.165, 1.54) is 38.4 Å². The van der Waals surface area contributed by atoms with E-state index >= 15 is 0 Å². The van der Waals surface area contributed by atoms with Gasteiger partial charge in [-0.25, -0.2) is 0 Å². The number of para-hydroxylation sites is 2. The second kappa shape index (κ2) is 3.14. The summed E-state index contributed by atoms with van der Waals surface area (Å²) in [7, 11) is 0. The third kappa shape index (κ3) is 0.935. The predicted octanol–water partition coefficient (Wildman–Crippen LogP) is 4.63. The SMILES string of the molecule is C=Cc1c(C)n2c3ccccc3c3cccc1c32. The number of aryl methyl sites for hydroxylation is 1. The van der Waals surface area contributed by atoms with Crippen molar-refractivity contribution in [3.63, 3.8) is 0 Å². The first-order valence-electron chi connectivity index (χ1n) is 6.19. The maximum Gasteiger partial charge on any atom is 0.0617 e. The minimum atomic E-state index is 1.25. The molecule has 4 aromatic rings. The molecule has 0 radical (unpaired) electrons. The van der Waals surface area contributed by atoms with Gasteiger partial charge in [0.25, 0.3) is 0 Å². The molecule has 0 saturated heterocycles. The molecular weight excluding hydrogens is 218 g/mol. The molecule has 0 bridgehead atoms. The van der Waals surface area contributed by atoms with Crippen LogP contribution in [0.1, 0.15) is 11.3 Å². The summed E-state index contributed by atoms with van der Waals surface area (Å²) in [5.41, 5.74) is 5.14. The molecule has 0 aliphatic carbocycles. The van der Waals surface area contributed by atoms with E-state index in [9.17, 15) is 0 Å². The zero-order valence-electron chi connectivity index (χ0n) is 10.3. The molecule has 0 atom stereocenters. The molecule has 0 N–H and O–H groups in total. The zero-order chi connectivity index (χ0) is 12.3. The lowest BCUT2D eigenvalue weighted by molar-refractivity contribution is 1.18. The Morgan fingerprint density at radius 3 is 2.50 bits per heavy atom. The van der Waals surface area contributed by atoms with Crippen LogP contribution in [0.25, 0.3) is 33.3 Å². The summed E-state index contributed by atoms with van der Waals surface area (Å²) in [5.74, 6) is 0. The quantitative estimate of drug-likeness (QED) is 0.449. The van der Waals surface area contributed by atoms with Gasteiger partial charge in [-0.2, -0.15) is 0 Å². The van der Waals surface area contributed by atoms with Gasteiger partial charge in [0.15, 0.2) is 0 Å².